The summed E-state index contributed by atoms with van der Waals surface area (Å²) in [5.74, 6) is -0.311. The monoisotopic (exact) mass is 243 g/mol. The minimum Gasteiger partial charge on any atom is -0.347 e. The molecule has 0 heterocycles. The predicted octanol–water partition coefficient (Wildman–Crippen LogP) is 1.02. The third-order valence-corrected chi connectivity index (χ3v) is 2.69. The summed E-state index contributed by atoms with van der Waals surface area (Å²) in [7, 11) is 0. The number of rotatable bonds is 4. The summed E-state index contributed by atoms with van der Waals surface area (Å²) in [4.78, 5) is 22.9. The van der Waals surface area contributed by atoms with Crippen LogP contribution in [0.4, 0.5) is 5.69 Å². The molecular weight excluding hydrogens is 230 g/mol. The van der Waals surface area contributed by atoms with Gasteiger partial charge in [-0.05, 0) is 25.0 Å². The number of hydrogen-bond donors (Lipinski definition) is 2. The molecule has 0 aliphatic heterocycles. The lowest BCUT2D eigenvalue weighted by molar-refractivity contribution is -0.125. The number of benzene rings is 1. The van der Waals surface area contributed by atoms with E-state index in [2.05, 4.69) is 10.6 Å². The van der Waals surface area contributed by atoms with Gasteiger partial charge < -0.3 is 10.6 Å². The van der Waals surface area contributed by atoms with E-state index in [0.717, 1.165) is 12.8 Å². The van der Waals surface area contributed by atoms with Gasteiger partial charge in [0.15, 0.2) is 0 Å². The normalized spacial score (nSPS) is 13.5. The molecule has 1 saturated carbocycles. The van der Waals surface area contributed by atoms with Gasteiger partial charge in [0.2, 0.25) is 11.8 Å². The topological polar surface area (TPSA) is 82.0 Å². The Morgan fingerprint density at radius 3 is 2.72 bits per heavy atom. The van der Waals surface area contributed by atoms with Crippen LogP contribution in [0.15, 0.2) is 24.3 Å². The average Bonchev–Trinajstić information content (AvgIpc) is 3.21. The largest absolute Gasteiger partial charge is 0.347 e. The molecule has 1 aromatic carbocycles. The lowest BCUT2D eigenvalue weighted by atomic mass is 10.2. The highest BCUT2D eigenvalue weighted by molar-refractivity contribution is 5.96. The van der Waals surface area contributed by atoms with Crippen molar-refractivity contribution in [2.24, 2.45) is 5.92 Å². The molecule has 1 aliphatic carbocycles. The standard InChI is InChI=1S/C13H13N3O2/c14-7-10-3-1-2-4-11(10)16-12(17)8-15-13(18)9-5-6-9/h1-4,9H,5-6,8H2,(H,15,18)(H,16,17). The van der Waals surface area contributed by atoms with Crippen LogP contribution in [0.5, 0.6) is 0 Å². The smallest absolute Gasteiger partial charge is 0.243 e. The first-order valence-electron chi connectivity index (χ1n) is 5.77. The van der Waals surface area contributed by atoms with E-state index in [1.807, 2.05) is 6.07 Å². The minimum atomic E-state index is -0.327. The van der Waals surface area contributed by atoms with Crippen LogP contribution in [0.1, 0.15) is 18.4 Å². The maximum absolute atomic E-state index is 11.6. The number of nitrogens with zero attached hydrogens (tertiary/aromatic N) is 1. The molecule has 0 saturated heterocycles. The second-order valence-electron chi connectivity index (χ2n) is 4.20. The maximum atomic E-state index is 11.6. The van der Waals surface area contributed by atoms with Crippen molar-refractivity contribution in [1.82, 2.24) is 5.32 Å². The first kappa shape index (κ1) is 12.1. The Morgan fingerprint density at radius 1 is 1.33 bits per heavy atom. The SMILES string of the molecule is N#Cc1ccccc1NC(=O)CNC(=O)C1CC1. The second-order valence-corrected chi connectivity index (χ2v) is 4.20. The molecule has 92 valence electrons. The number of carbonyl (C=O) groups excluding carboxylic acids is 2. The third kappa shape index (κ3) is 3.08. The molecule has 5 nitrogen and oxygen atoms in total. The van der Waals surface area contributed by atoms with Crippen LogP contribution in [-0.4, -0.2) is 18.4 Å². The Morgan fingerprint density at radius 2 is 2.06 bits per heavy atom. The fourth-order valence-corrected chi connectivity index (χ4v) is 1.54. The minimum absolute atomic E-state index is 0.0604. The van der Waals surface area contributed by atoms with E-state index >= 15 is 0 Å². The molecule has 1 fully saturated rings. The molecule has 0 atom stereocenters. The van der Waals surface area contributed by atoms with Gasteiger partial charge in [-0.3, -0.25) is 9.59 Å². The first-order valence-corrected chi connectivity index (χ1v) is 5.77. The molecule has 1 aliphatic rings. The summed E-state index contributed by atoms with van der Waals surface area (Å²) >= 11 is 0. The highest BCUT2D eigenvalue weighted by Crippen LogP contribution is 2.28. The Labute approximate surface area is 105 Å². The zero-order chi connectivity index (χ0) is 13.0. The molecule has 0 unspecified atom stereocenters. The van der Waals surface area contributed by atoms with Gasteiger partial charge in [-0.15, -0.1) is 0 Å². The number of nitriles is 1. The summed E-state index contributed by atoms with van der Waals surface area (Å²) in [6.07, 6.45) is 1.81. The van der Waals surface area contributed by atoms with Gasteiger partial charge in [0.05, 0.1) is 17.8 Å². The Kier molecular flexibility index (Phi) is 3.58. The van der Waals surface area contributed by atoms with Gasteiger partial charge in [-0.1, -0.05) is 12.1 Å². The number of nitrogens with one attached hydrogen (secondary N) is 2. The molecule has 0 spiro atoms. The molecule has 0 radical (unpaired) electrons. The number of hydrogen-bond acceptors (Lipinski definition) is 3. The molecule has 18 heavy (non-hydrogen) atoms. The van der Waals surface area contributed by atoms with Gasteiger partial charge in [-0.2, -0.15) is 5.26 Å². The first-order chi connectivity index (χ1) is 8.70. The van der Waals surface area contributed by atoms with Gasteiger partial charge in [0.25, 0.3) is 0 Å². The molecule has 0 aromatic heterocycles. The van der Waals surface area contributed by atoms with Crippen LogP contribution in [0, 0.1) is 17.2 Å². The Hall–Kier alpha value is -2.35. The van der Waals surface area contributed by atoms with Crippen molar-refractivity contribution in [2.45, 2.75) is 12.8 Å². The van der Waals surface area contributed by atoms with Crippen molar-refractivity contribution in [2.75, 3.05) is 11.9 Å². The Bertz CT molecular complexity index is 515. The lowest BCUT2D eigenvalue weighted by Gasteiger charge is -2.07. The van der Waals surface area contributed by atoms with E-state index in [-0.39, 0.29) is 24.3 Å². The van der Waals surface area contributed by atoms with Crippen molar-refractivity contribution in [3.8, 4) is 6.07 Å². The summed E-state index contributed by atoms with van der Waals surface area (Å²) < 4.78 is 0. The van der Waals surface area contributed by atoms with Crippen LogP contribution >= 0.6 is 0 Å². The van der Waals surface area contributed by atoms with E-state index in [1.54, 1.807) is 24.3 Å². The predicted molar refractivity (Wildman–Crippen MR) is 65.5 cm³/mol. The van der Waals surface area contributed by atoms with Crippen LogP contribution in [0.2, 0.25) is 0 Å². The summed E-state index contributed by atoms with van der Waals surface area (Å²) in [6.45, 7) is -0.0604. The average molecular weight is 243 g/mol. The van der Waals surface area contributed by atoms with Crippen LogP contribution in [-0.2, 0) is 9.59 Å². The van der Waals surface area contributed by atoms with Crippen LogP contribution < -0.4 is 10.6 Å². The zero-order valence-electron chi connectivity index (χ0n) is 9.77. The molecule has 0 bridgehead atoms. The molecule has 1 aromatic rings. The summed E-state index contributed by atoms with van der Waals surface area (Å²) in [6, 6.07) is 8.73. The highest BCUT2D eigenvalue weighted by atomic mass is 16.2. The fraction of sp³-hybridized carbons (Fsp3) is 0.308. The van der Waals surface area contributed by atoms with E-state index < -0.39 is 0 Å². The number of anilines is 1. The summed E-state index contributed by atoms with van der Waals surface area (Å²) in [5.41, 5.74) is 0.866. The molecule has 2 N–H and O–H groups in total. The molecule has 5 heteroatoms. The molecule has 2 rings (SSSR count). The Balaban J connectivity index is 1.86. The maximum Gasteiger partial charge on any atom is 0.243 e. The van der Waals surface area contributed by atoms with Crippen molar-refractivity contribution in [1.29, 1.82) is 5.26 Å². The highest BCUT2D eigenvalue weighted by Gasteiger charge is 2.29. The van der Waals surface area contributed by atoms with E-state index in [4.69, 9.17) is 5.26 Å². The van der Waals surface area contributed by atoms with Crippen molar-refractivity contribution < 1.29 is 9.59 Å². The van der Waals surface area contributed by atoms with Crippen LogP contribution in [0.25, 0.3) is 0 Å². The van der Waals surface area contributed by atoms with Gasteiger partial charge in [0, 0.05) is 5.92 Å². The molecular formula is C13H13N3O2. The quantitative estimate of drug-likeness (QED) is 0.828. The summed E-state index contributed by atoms with van der Waals surface area (Å²) in [5, 5.41) is 14.0. The van der Waals surface area contributed by atoms with Crippen molar-refractivity contribution in [3.63, 3.8) is 0 Å². The van der Waals surface area contributed by atoms with Crippen LogP contribution in [0.3, 0.4) is 0 Å². The van der Waals surface area contributed by atoms with E-state index in [0.29, 0.717) is 11.3 Å². The third-order valence-electron chi connectivity index (χ3n) is 2.69. The molecule has 2 amide bonds. The number of para-hydroxylation sites is 1. The van der Waals surface area contributed by atoms with Crippen molar-refractivity contribution >= 4 is 17.5 Å². The van der Waals surface area contributed by atoms with Gasteiger partial charge in [0.1, 0.15) is 6.07 Å². The lowest BCUT2D eigenvalue weighted by Crippen LogP contribution is -2.33. The number of carbonyl (C=O) groups is 2. The van der Waals surface area contributed by atoms with Gasteiger partial charge >= 0.3 is 0 Å². The second kappa shape index (κ2) is 5.32. The van der Waals surface area contributed by atoms with Crippen molar-refractivity contribution in [3.05, 3.63) is 29.8 Å². The van der Waals surface area contributed by atoms with Gasteiger partial charge in [-0.25, -0.2) is 0 Å². The van der Waals surface area contributed by atoms with E-state index in [1.165, 1.54) is 0 Å². The number of amides is 2. The zero-order valence-corrected chi connectivity index (χ0v) is 9.77. The fourth-order valence-electron chi connectivity index (χ4n) is 1.54. The van der Waals surface area contributed by atoms with E-state index in [9.17, 15) is 9.59 Å².